The van der Waals surface area contributed by atoms with Gasteiger partial charge in [0.2, 0.25) is 0 Å². The molecule has 0 heterocycles. The lowest BCUT2D eigenvalue weighted by molar-refractivity contribution is -0.247. The number of hydrogen-bond acceptors (Lipinski definition) is 9. The first-order chi connectivity index (χ1) is 13.7. The predicted molar refractivity (Wildman–Crippen MR) is 102 cm³/mol. The first-order valence-corrected chi connectivity index (χ1v) is 10.3. The second-order valence-corrected chi connectivity index (χ2v) is 7.37. The lowest BCUT2D eigenvalue weighted by Gasteiger charge is -2.43. The molecule has 0 aromatic carbocycles. The minimum Gasteiger partial charge on any atom is -0.456 e. The van der Waals surface area contributed by atoms with E-state index in [4.69, 9.17) is 14.2 Å². The van der Waals surface area contributed by atoms with Gasteiger partial charge in [0.1, 0.15) is 18.3 Å². The van der Waals surface area contributed by atoms with Gasteiger partial charge in [0, 0.05) is 19.8 Å². The zero-order valence-electron chi connectivity index (χ0n) is 17.4. The minimum atomic E-state index is -1.75. The Morgan fingerprint density at radius 3 is 1.48 bits per heavy atom. The van der Waals surface area contributed by atoms with Crippen molar-refractivity contribution in [3.63, 3.8) is 0 Å². The summed E-state index contributed by atoms with van der Waals surface area (Å²) in [5.74, 6) is -2.05. The smallest absolute Gasteiger partial charge is 0.306 e. The van der Waals surface area contributed by atoms with Crippen LogP contribution in [-0.2, 0) is 28.6 Å². The second kappa shape index (κ2) is 12.8. The molecule has 9 nitrogen and oxygen atoms in total. The molecule has 1 aliphatic carbocycles. The Hall–Kier alpha value is -1.71. The summed E-state index contributed by atoms with van der Waals surface area (Å²) >= 11 is 0. The maximum absolute atomic E-state index is 12.2. The van der Waals surface area contributed by atoms with Crippen molar-refractivity contribution in [3.05, 3.63) is 0 Å². The Morgan fingerprint density at radius 1 is 0.655 bits per heavy atom. The van der Waals surface area contributed by atoms with Crippen LogP contribution in [0.15, 0.2) is 0 Å². The number of ether oxygens (including phenoxy) is 3. The van der Waals surface area contributed by atoms with E-state index in [1.165, 1.54) is 0 Å². The first kappa shape index (κ1) is 25.3. The van der Waals surface area contributed by atoms with Crippen LogP contribution in [0.25, 0.3) is 0 Å². The molecule has 0 bridgehead atoms. The molecule has 1 fully saturated rings. The quantitative estimate of drug-likeness (QED) is 0.255. The van der Waals surface area contributed by atoms with Crippen molar-refractivity contribution in [3.8, 4) is 0 Å². The molecule has 6 atom stereocenters. The van der Waals surface area contributed by atoms with Crippen molar-refractivity contribution < 1.29 is 43.9 Å². The average molecular weight is 418 g/mol. The third kappa shape index (κ3) is 7.91. The molecule has 2 unspecified atom stereocenters. The Morgan fingerprint density at radius 2 is 1.07 bits per heavy atom. The molecule has 0 radical (unpaired) electrons. The predicted octanol–water partition coefficient (Wildman–Crippen LogP) is 0.999. The van der Waals surface area contributed by atoms with Gasteiger partial charge in [-0.25, -0.2) is 0 Å². The molecule has 1 rings (SSSR count). The van der Waals surface area contributed by atoms with E-state index in [0.29, 0.717) is 12.8 Å². The van der Waals surface area contributed by atoms with Crippen molar-refractivity contribution in [2.45, 2.75) is 109 Å². The van der Waals surface area contributed by atoms with E-state index < -0.39 is 54.5 Å². The van der Waals surface area contributed by atoms with Crippen molar-refractivity contribution in [1.82, 2.24) is 0 Å². The fourth-order valence-electron chi connectivity index (χ4n) is 3.23. The average Bonchev–Trinajstić information content (AvgIpc) is 2.66. The van der Waals surface area contributed by atoms with Crippen LogP contribution < -0.4 is 0 Å². The Balaban J connectivity index is 3.00. The maximum atomic E-state index is 12.2. The van der Waals surface area contributed by atoms with Crippen LogP contribution in [0, 0.1) is 0 Å². The van der Waals surface area contributed by atoms with Gasteiger partial charge in [0.25, 0.3) is 0 Å². The SMILES string of the molecule is CCCCCC(=O)OC1C(OC(C)=O)[C@H](O)[C@H](O)[C@H](O)[C@H]1OC(=O)CCCCC. The summed E-state index contributed by atoms with van der Waals surface area (Å²) in [7, 11) is 0. The molecule has 9 heteroatoms. The summed E-state index contributed by atoms with van der Waals surface area (Å²) in [6.45, 7) is 5.05. The number of hydrogen-bond donors (Lipinski definition) is 3. The van der Waals surface area contributed by atoms with Gasteiger partial charge in [0.05, 0.1) is 0 Å². The lowest BCUT2D eigenvalue weighted by Crippen LogP contribution is -2.66. The molecule has 29 heavy (non-hydrogen) atoms. The van der Waals surface area contributed by atoms with Gasteiger partial charge in [-0.1, -0.05) is 39.5 Å². The third-order valence-corrected chi connectivity index (χ3v) is 4.83. The van der Waals surface area contributed by atoms with Crippen LogP contribution in [-0.4, -0.2) is 69.9 Å². The highest BCUT2D eigenvalue weighted by molar-refractivity contribution is 5.71. The first-order valence-electron chi connectivity index (χ1n) is 10.3. The van der Waals surface area contributed by atoms with E-state index in [0.717, 1.165) is 32.6 Å². The molecular formula is C20H34O9. The summed E-state index contributed by atoms with van der Waals surface area (Å²) < 4.78 is 15.7. The van der Waals surface area contributed by atoms with E-state index in [2.05, 4.69) is 0 Å². The van der Waals surface area contributed by atoms with E-state index in [1.54, 1.807) is 0 Å². The normalized spacial score (nSPS) is 29.2. The highest BCUT2D eigenvalue weighted by Gasteiger charge is 2.55. The summed E-state index contributed by atoms with van der Waals surface area (Å²) in [5, 5.41) is 30.7. The van der Waals surface area contributed by atoms with E-state index in [-0.39, 0.29) is 12.8 Å². The molecule has 1 aliphatic rings. The lowest BCUT2D eigenvalue weighted by atomic mass is 9.84. The molecule has 1 saturated carbocycles. The van der Waals surface area contributed by atoms with Gasteiger partial charge >= 0.3 is 17.9 Å². The van der Waals surface area contributed by atoms with Crippen LogP contribution >= 0.6 is 0 Å². The number of unbranched alkanes of at least 4 members (excludes halogenated alkanes) is 4. The minimum absolute atomic E-state index is 0.0864. The van der Waals surface area contributed by atoms with Gasteiger partial charge in [-0.3, -0.25) is 14.4 Å². The Kier molecular flexibility index (Phi) is 11.2. The molecule has 0 saturated heterocycles. The maximum Gasteiger partial charge on any atom is 0.306 e. The molecule has 0 spiro atoms. The monoisotopic (exact) mass is 418 g/mol. The highest BCUT2D eigenvalue weighted by Crippen LogP contribution is 2.29. The van der Waals surface area contributed by atoms with Crippen LogP contribution in [0.1, 0.15) is 72.1 Å². The third-order valence-electron chi connectivity index (χ3n) is 4.83. The number of carbonyl (C=O) groups excluding carboxylic acids is 3. The zero-order chi connectivity index (χ0) is 22.0. The molecule has 0 aliphatic heterocycles. The molecule has 168 valence electrons. The van der Waals surface area contributed by atoms with Crippen LogP contribution in [0.4, 0.5) is 0 Å². The fourth-order valence-corrected chi connectivity index (χ4v) is 3.23. The zero-order valence-corrected chi connectivity index (χ0v) is 17.4. The topological polar surface area (TPSA) is 140 Å². The van der Waals surface area contributed by atoms with Crippen LogP contribution in [0.3, 0.4) is 0 Å². The second-order valence-electron chi connectivity index (χ2n) is 7.37. The fraction of sp³-hybridized carbons (Fsp3) is 0.850. The van der Waals surface area contributed by atoms with Crippen LogP contribution in [0.2, 0.25) is 0 Å². The van der Waals surface area contributed by atoms with Crippen molar-refractivity contribution in [1.29, 1.82) is 0 Å². The van der Waals surface area contributed by atoms with Crippen molar-refractivity contribution >= 4 is 17.9 Å². The summed E-state index contributed by atoms with van der Waals surface area (Å²) in [4.78, 5) is 35.9. The Bertz CT molecular complexity index is 536. The van der Waals surface area contributed by atoms with Crippen LogP contribution in [0.5, 0.6) is 0 Å². The van der Waals surface area contributed by atoms with Gasteiger partial charge < -0.3 is 29.5 Å². The van der Waals surface area contributed by atoms with Crippen molar-refractivity contribution in [2.75, 3.05) is 0 Å². The van der Waals surface area contributed by atoms with E-state index in [1.807, 2.05) is 13.8 Å². The number of aliphatic hydroxyl groups is 3. The number of aliphatic hydroxyl groups excluding tert-OH is 3. The van der Waals surface area contributed by atoms with Gasteiger partial charge in [0.15, 0.2) is 18.3 Å². The van der Waals surface area contributed by atoms with Crippen molar-refractivity contribution in [2.24, 2.45) is 0 Å². The highest BCUT2D eigenvalue weighted by atomic mass is 16.6. The molecule has 0 amide bonds. The largest absolute Gasteiger partial charge is 0.456 e. The van der Waals surface area contributed by atoms with Gasteiger partial charge in [-0.05, 0) is 12.8 Å². The number of carbonyl (C=O) groups is 3. The Labute approximate surface area is 171 Å². The molecular weight excluding hydrogens is 384 g/mol. The molecule has 0 aromatic heterocycles. The summed E-state index contributed by atoms with van der Waals surface area (Å²) in [6.07, 6.45) is -4.79. The molecule has 3 N–H and O–H groups in total. The van der Waals surface area contributed by atoms with Gasteiger partial charge in [-0.2, -0.15) is 0 Å². The molecule has 0 aromatic rings. The standard InChI is InChI=1S/C20H34O9/c1-4-6-8-10-13(22)28-19-17(26)15(24)16(25)18(27-12(3)21)20(19)29-14(23)11-9-7-5-2/h15-20,24-26H,4-11H2,1-3H3/t15-,16+,17-,18?,19+,20?/m0/s1. The van der Waals surface area contributed by atoms with Gasteiger partial charge in [-0.15, -0.1) is 0 Å². The number of rotatable bonds is 11. The number of esters is 3. The van der Waals surface area contributed by atoms with E-state index >= 15 is 0 Å². The van der Waals surface area contributed by atoms with E-state index in [9.17, 15) is 29.7 Å². The summed E-state index contributed by atoms with van der Waals surface area (Å²) in [5.41, 5.74) is 0. The summed E-state index contributed by atoms with van der Waals surface area (Å²) in [6, 6.07) is 0.